The minimum atomic E-state index is -0.429. The molecule has 1 aromatic rings. The highest BCUT2D eigenvalue weighted by Gasteiger charge is 2.27. The van der Waals surface area contributed by atoms with Crippen LogP contribution in [0.3, 0.4) is 0 Å². The van der Waals surface area contributed by atoms with Crippen molar-refractivity contribution in [3.05, 3.63) is 23.8 Å². The van der Waals surface area contributed by atoms with Gasteiger partial charge in [0.2, 0.25) is 0 Å². The molecule has 5 heteroatoms. The Morgan fingerprint density at radius 1 is 1.09 bits per heavy atom. The molecule has 3 rings (SSSR count). The van der Waals surface area contributed by atoms with E-state index in [1.165, 1.54) is 32.1 Å². The van der Waals surface area contributed by atoms with Crippen LogP contribution in [-0.4, -0.2) is 50.9 Å². The van der Waals surface area contributed by atoms with E-state index in [1.54, 1.807) is 0 Å². The Hall–Kier alpha value is -1.04. The summed E-state index contributed by atoms with van der Waals surface area (Å²) in [6.07, 6.45) is 10.7. The van der Waals surface area contributed by atoms with Crippen LogP contribution < -0.4 is 0 Å². The molecule has 1 saturated heterocycles. The Labute approximate surface area is 132 Å². The van der Waals surface area contributed by atoms with Crippen molar-refractivity contribution in [3.8, 4) is 0 Å². The van der Waals surface area contributed by atoms with Crippen molar-refractivity contribution in [1.82, 2.24) is 14.9 Å². The highest BCUT2D eigenvalue weighted by atomic mass is 16.3. The van der Waals surface area contributed by atoms with Gasteiger partial charge in [0.1, 0.15) is 5.82 Å². The molecule has 1 aliphatic carbocycles. The summed E-state index contributed by atoms with van der Waals surface area (Å²) in [6.45, 7) is 2.39. The van der Waals surface area contributed by atoms with Crippen LogP contribution in [0, 0.1) is 5.92 Å². The van der Waals surface area contributed by atoms with E-state index < -0.39 is 6.10 Å². The Bertz CT molecular complexity index is 459. The van der Waals surface area contributed by atoms with E-state index in [0.717, 1.165) is 30.9 Å². The van der Waals surface area contributed by atoms with Gasteiger partial charge in [-0.1, -0.05) is 19.3 Å². The second-order valence-electron chi connectivity index (χ2n) is 6.82. The first-order chi connectivity index (χ1) is 10.8. The van der Waals surface area contributed by atoms with Crippen molar-refractivity contribution in [3.63, 3.8) is 0 Å². The minimum Gasteiger partial charge on any atom is -0.396 e. The van der Waals surface area contributed by atoms with Crippen LogP contribution in [0.15, 0.2) is 12.4 Å². The van der Waals surface area contributed by atoms with E-state index in [0.29, 0.717) is 12.5 Å². The predicted molar refractivity (Wildman–Crippen MR) is 84.3 cm³/mol. The van der Waals surface area contributed by atoms with E-state index in [2.05, 4.69) is 14.9 Å². The number of rotatable bonds is 4. The molecule has 2 atom stereocenters. The van der Waals surface area contributed by atoms with Crippen LogP contribution in [-0.2, 0) is 6.54 Å². The van der Waals surface area contributed by atoms with Gasteiger partial charge in [0, 0.05) is 49.5 Å². The third kappa shape index (κ3) is 3.83. The molecule has 1 aromatic heterocycles. The fraction of sp³-hybridized carbons (Fsp3) is 0.765. The normalized spacial score (nSPS) is 27.9. The van der Waals surface area contributed by atoms with Gasteiger partial charge in [-0.2, -0.15) is 0 Å². The van der Waals surface area contributed by atoms with Gasteiger partial charge in [-0.15, -0.1) is 0 Å². The van der Waals surface area contributed by atoms with Crippen molar-refractivity contribution in [1.29, 1.82) is 0 Å². The number of nitrogens with zero attached hydrogens (tertiary/aromatic N) is 3. The third-order valence-electron chi connectivity index (χ3n) is 5.14. The summed E-state index contributed by atoms with van der Waals surface area (Å²) < 4.78 is 0. The number of aromatic nitrogens is 2. The lowest BCUT2D eigenvalue weighted by Gasteiger charge is -2.35. The van der Waals surface area contributed by atoms with E-state index in [1.807, 2.05) is 12.4 Å². The second kappa shape index (κ2) is 7.49. The van der Waals surface area contributed by atoms with Crippen molar-refractivity contribution >= 4 is 0 Å². The topological polar surface area (TPSA) is 69.5 Å². The van der Waals surface area contributed by atoms with Gasteiger partial charge in [0.25, 0.3) is 0 Å². The summed E-state index contributed by atoms with van der Waals surface area (Å²) in [5, 5.41) is 19.2. The molecule has 0 spiro atoms. The van der Waals surface area contributed by atoms with Crippen LogP contribution >= 0.6 is 0 Å². The molecule has 0 amide bonds. The van der Waals surface area contributed by atoms with E-state index in [4.69, 9.17) is 0 Å². The molecular formula is C17H27N3O2. The van der Waals surface area contributed by atoms with Gasteiger partial charge in [0.05, 0.1) is 6.10 Å². The van der Waals surface area contributed by atoms with Crippen LogP contribution in [0.5, 0.6) is 0 Å². The summed E-state index contributed by atoms with van der Waals surface area (Å²) in [7, 11) is 0. The smallest absolute Gasteiger partial charge is 0.131 e. The van der Waals surface area contributed by atoms with Gasteiger partial charge in [-0.3, -0.25) is 4.90 Å². The largest absolute Gasteiger partial charge is 0.396 e. The molecule has 0 aromatic carbocycles. The molecule has 0 radical (unpaired) electrons. The molecule has 22 heavy (non-hydrogen) atoms. The van der Waals surface area contributed by atoms with Crippen LogP contribution in [0.2, 0.25) is 0 Å². The number of hydrogen-bond acceptors (Lipinski definition) is 5. The Kier molecular flexibility index (Phi) is 5.39. The van der Waals surface area contributed by atoms with Gasteiger partial charge in [0.15, 0.2) is 0 Å². The SMILES string of the molecule is OC[C@H]1CCN(Cc2cnc(C3CCCCC3)nc2)C[C@H]1O. The van der Waals surface area contributed by atoms with Gasteiger partial charge < -0.3 is 10.2 Å². The fourth-order valence-electron chi connectivity index (χ4n) is 3.68. The number of piperidine rings is 1. The molecule has 2 fully saturated rings. The molecule has 0 bridgehead atoms. The summed E-state index contributed by atoms with van der Waals surface area (Å²) in [4.78, 5) is 11.4. The predicted octanol–water partition coefficient (Wildman–Crippen LogP) is 1.70. The van der Waals surface area contributed by atoms with Gasteiger partial charge >= 0.3 is 0 Å². The third-order valence-corrected chi connectivity index (χ3v) is 5.14. The van der Waals surface area contributed by atoms with Crippen LogP contribution in [0.25, 0.3) is 0 Å². The first-order valence-electron chi connectivity index (χ1n) is 8.58. The summed E-state index contributed by atoms with van der Waals surface area (Å²) in [5.74, 6) is 1.58. The molecule has 1 aliphatic heterocycles. The van der Waals surface area contributed by atoms with Gasteiger partial charge in [-0.05, 0) is 25.8 Å². The maximum Gasteiger partial charge on any atom is 0.131 e. The molecule has 122 valence electrons. The minimum absolute atomic E-state index is 0.0289. The zero-order valence-corrected chi connectivity index (χ0v) is 13.2. The van der Waals surface area contributed by atoms with Crippen molar-refractivity contribution < 1.29 is 10.2 Å². The summed E-state index contributed by atoms with van der Waals surface area (Å²) in [5.41, 5.74) is 1.11. The number of aliphatic hydroxyl groups is 2. The molecule has 2 heterocycles. The van der Waals surface area contributed by atoms with Gasteiger partial charge in [-0.25, -0.2) is 9.97 Å². The van der Waals surface area contributed by atoms with Crippen molar-refractivity contribution in [2.45, 2.75) is 57.1 Å². The number of aliphatic hydroxyl groups excluding tert-OH is 2. The van der Waals surface area contributed by atoms with Crippen molar-refractivity contribution in [2.24, 2.45) is 5.92 Å². The lowest BCUT2D eigenvalue weighted by molar-refractivity contribution is -0.00450. The van der Waals surface area contributed by atoms with Crippen LogP contribution in [0.1, 0.15) is 55.8 Å². The van der Waals surface area contributed by atoms with E-state index in [9.17, 15) is 10.2 Å². The number of hydrogen-bond donors (Lipinski definition) is 2. The van der Waals surface area contributed by atoms with Crippen molar-refractivity contribution in [2.75, 3.05) is 19.7 Å². The molecular weight excluding hydrogens is 278 g/mol. The molecule has 5 nitrogen and oxygen atoms in total. The summed E-state index contributed by atoms with van der Waals surface area (Å²) >= 11 is 0. The average molecular weight is 305 g/mol. The highest BCUT2D eigenvalue weighted by Crippen LogP contribution is 2.30. The Morgan fingerprint density at radius 2 is 1.82 bits per heavy atom. The number of β-amino-alcohol motifs (C(OH)–C–C–N with tert-alkyl or cyclic N) is 1. The lowest BCUT2D eigenvalue weighted by Crippen LogP contribution is -2.44. The number of likely N-dealkylation sites (tertiary alicyclic amines) is 1. The quantitative estimate of drug-likeness (QED) is 0.886. The lowest BCUT2D eigenvalue weighted by atomic mass is 9.89. The second-order valence-corrected chi connectivity index (χ2v) is 6.82. The Balaban J connectivity index is 1.55. The fourth-order valence-corrected chi connectivity index (χ4v) is 3.68. The first kappa shape index (κ1) is 15.8. The maximum atomic E-state index is 10.00. The average Bonchev–Trinajstić information content (AvgIpc) is 2.57. The zero-order valence-electron chi connectivity index (χ0n) is 13.2. The zero-order chi connectivity index (χ0) is 15.4. The molecule has 1 saturated carbocycles. The molecule has 2 aliphatic rings. The molecule has 0 unspecified atom stereocenters. The first-order valence-corrected chi connectivity index (χ1v) is 8.58. The van der Waals surface area contributed by atoms with E-state index in [-0.39, 0.29) is 12.5 Å². The summed E-state index contributed by atoms with van der Waals surface area (Å²) in [6, 6.07) is 0. The molecule has 2 N–H and O–H groups in total. The maximum absolute atomic E-state index is 10.00. The van der Waals surface area contributed by atoms with E-state index >= 15 is 0 Å². The monoisotopic (exact) mass is 305 g/mol. The Morgan fingerprint density at radius 3 is 2.45 bits per heavy atom. The standard InChI is InChI=1S/C17H27N3O2/c21-12-15-6-7-20(11-16(15)22)10-13-8-18-17(19-9-13)14-4-2-1-3-5-14/h8-9,14-16,21-22H,1-7,10-12H2/t15-,16-/m1/s1. The van der Waals surface area contributed by atoms with Crippen LogP contribution in [0.4, 0.5) is 0 Å². The highest BCUT2D eigenvalue weighted by molar-refractivity contribution is 5.08.